The van der Waals surface area contributed by atoms with Gasteiger partial charge in [0, 0.05) is 55.7 Å². The van der Waals surface area contributed by atoms with Crippen molar-refractivity contribution in [2.75, 3.05) is 0 Å². The summed E-state index contributed by atoms with van der Waals surface area (Å²) in [7, 11) is 0. The van der Waals surface area contributed by atoms with Gasteiger partial charge in [-0.25, -0.2) is 4.79 Å². The molecular formula is C50H57NO5Ti. The first kappa shape index (κ1) is 44.8. The Bertz CT molecular complexity index is 2470. The third kappa shape index (κ3) is 9.80. The molecule has 0 radical (unpaired) electrons. The molecule has 57 heavy (non-hydrogen) atoms. The first-order valence-electron chi connectivity index (χ1n) is 19.2. The molecule has 6 aromatic carbocycles. The molecule has 0 heterocycles. The number of carboxylic acid groups (broad SMARTS) is 1. The van der Waals surface area contributed by atoms with Gasteiger partial charge in [0.1, 0.15) is 22.8 Å². The van der Waals surface area contributed by atoms with Crippen LogP contribution in [0.5, 0.6) is 17.2 Å². The van der Waals surface area contributed by atoms with E-state index in [0.717, 1.165) is 55.0 Å². The van der Waals surface area contributed by atoms with Gasteiger partial charge < -0.3 is 20.4 Å². The third-order valence-electron chi connectivity index (χ3n) is 10.2. The molecule has 0 amide bonds. The molecule has 0 saturated heterocycles. The van der Waals surface area contributed by atoms with E-state index in [1.807, 2.05) is 96.1 Å². The van der Waals surface area contributed by atoms with Gasteiger partial charge in [-0.3, -0.25) is 4.99 Å². The van der Waals surface area contributed by atoms with Crippen molar-refractivity contribution in [3.8, 4) is 28.4 Å². The van der Waals surface area contributed by atoms with E-state index in [9.17, 15) is 25.2 Å². The Morgan fingerprint density at radius 2 is 1.00 bits per heavy atom. The second-order valence-electron chi connectivity index (χ2n) is 18.8. The molecular weight excluding hydrogens is 742 g/mol. The van der Waals surface area contributed by atoms with Gasteiger partial charge in [0.15, 0.2) is 0 Å². The summed E-state index contributed by atoms with van der Waals surface area (Å²) in [6, 6.07) is 31.6. The standard InChI is InChI=1S/C35H35NO2.C15H22O3.Ti/c1-34(2,3)25-19-24(33(38)28(20-25)35(4,5)6)21-36-29-17-15-22-11-7-9-13-26(22)31(29)32-27-14-10-8-12-23(27)16-18-30(32)37;1-14(2,3)9-7-10(13(17)18)12(16)11(8-9)15(4,5)6;/h7-21,37-38H,1-6H3;7-8,16H,1-6H3,(H,17,18);. The topological polar surface area (TPSA) is 110 Å². The quantitative estimate of drug-likeness (QED) is 0.105. The second-order valence-corrected chi connectivity index (χ2v) is 18.8. The van der Waals surface area contributed by atoms with Gasteiger partial charge in [0.2, 0.25) is 0 Å². The Balaban J connectivity index is 0.000000321. The second kappa shape index (κ2) is 16.5. The zero-order chi connectivity index (χ0) is 41.5. The maximum atomic E-state index is 11.3. The molecule has 6 nitrogen and oxygen atoms in total. The molecule has 6 rings (SSSR count). The van der Waals surface area contributed by atoms with Crippen molar-refractivity contribution in [2.45, 2.75) is 105 Å². The van der Waals surface area contributed by atoms with Crippen molar-refractivity contribution >= 4 is 39.4 Å². The van der Waals surface area contributed by atoms with E-state index >= 15 is 0 Å². The number of aromatic carboxylic acids is 1. The third-order valence-corrected chi connectivity index (χ3v) is 10.2. The van der Waals surface area contributed by atoms with E-state index in [1.54, 1.807) is 18.3 Å². The van der Waals surface area contributed by atoms with Crippen LogP contribution in [0.3, 0.4) is 0 Å². The number of nitrogens with zero attached hydrogens (tertiary/aromatic N) is 1. The predicted octanol–water partition coefficient (Wildman–Crippen LogP) is 13.1. The molecule has 0 fully saturated rings. The molecule has 0 bridgehead atoms. The Morgan fingerprint density at radius 1 is 0.544 bits per heavy atom. The summed E-state index contributed by atoms with van der Waals surface area (Å²) in [5, 5.41) is 45.8. The summed E-state index contributed by atoms with van der Waals surface area (Å²) in [6.45, 7) is 24.8. The van der Waals surface area contributed by atoms with Crippen LogP contribution in [0, 0.1) is 0 Å². The number of hydrogen-bond acceptors (Lipinski definition) is 5. The maximum absolute atomic E-state index is 11.3. The maximum Gasteiger partial charge on any atom is 0.339 e. The Hall–Kier alpha value is -4.91. The number of hydrogen-bond donors (Lipinski definition) is 4. The van der Waals surface area contributed by atoms with Gasteiger partial charge in [0.25, 0.3) is 0 Å². The fourth-order valence-electron chi connectivity index (χ4n) is 6.85. The first-order valence-corrected chi connectivity index (χ1v) is 19.2. The molecule has 0 spiro atoms. The molecule has 0 aliphatic rings. The number of carbonyl (C=O) groups is 1. The van der Waals surface area contributed by atoms with E-state index in [2.05, 4.69) is 71.9 Å². The summed E-state index contributed by atoms with van der Waals surface area (Å²) in [5.74, 6) is -0.749. The summed E-state index contributed by atoms with van der Waals surface area (Å²) in [6.07, 6.45) is 1.76. The fraction of sp³-hybridized carbons (Fsp3) is 0.320. The minimum Gasteiger partial charge on any atom is -0.507 e. The van der Waals surface area contributed by atoms with Crippen LogP contribution in [0.2, 0.25) is 0 Å². The predicted molar refractivity (Wildman–Crippen MR) is 234 cm³/mol. The monoisotopic (exact) mass is 799 g/mol. The summed E-state index contributed by atoms with van der Waals surface area (Å²) in [5.41, 5.74) is 5.90. The van der Waals surface area contributed by atoms with Crippen LogP contribution in [-0.4, -0.2) is 32.6 Å². The van der Waals surface area contributed by atoms with E-state index in [1.165, 1.54) is 0 Å². The van der Waals surface area contributed by atoms with E-state index < -0.39 is 5.97 Å². The molecule has 6 aromatic rings. The number of carboxylic acids is 1. The Morgan fingerprint density at radius 3 is 1.49 bits per heavy atom. The molecule has 4 N–H and O–H groups in total. The van der Waals surface area contributed by atoms with Crippen molar-refractivity contribution in [3.63, 3.8) is 0 Å². The molecule has 0 unspecified atom stereocenters. The summed E-state index contributed by atoms with van der Waals surface area (Å²) < 4.78 is 0. The van der Waals surface area contributed by atoms with Crippen molar-refractivity contribution in [1.29, 1.82) is 0 Å². The van der Waals surface area contributed by atoms with Crippen LogP contribution in [0.15, 0.2) is 102 Å². The van der Waals surface area contributed by atoms with Gasteiger partial charge in [-0.2, -0.15) is 0 Å². The minimum atomic E-state index is -1.09. The van der Waals surface area contributed by atoms with Crippen LogP contribution in [0.4, 0.5) is 5.69 Å². The van der Waals surface area contributed by atoms with Gasteiger partial charge >= 0.3 is 5.97 Å². The number of phenols is 3. The first-order chi connectivity index (χ1) is 25.9. The van der Waals surface area contributed by atoms with Crippen molar-refractivity contribution in [3.05, 3.63) is 130 Å². The molecule has 0 aliphatic heterocycles. The van der Waals surface area contributed by atoms with E-state index in [0.29, 0.717) is 11.1 Å². The zero-order valence-corrected chi connectivity index (χ0v) is 37.0. The number of rotatable bonds is 4. The fourth-order valence-corrected chi connectivity index (χ4v) is 6.85. The number of benzene rings is 6. The van der Waals surface area contributed by atoms with Gasteiger partial charge in [-0.15, -0.1) is 0 Å². The molecule has 0 aromatic heterocycles. The number of phenolic OH excluding ortho intramolecular Hbond substituents is 2. The molecule has 0 atom stereocenters. The Kier molecular flexibility index (Phi) is 13.0. The van der Waals surface area contributed by atoms with Crippen molar-refractivity contribution < 1.29 is 46.9 Å². The average Bonchev–Trinajstić information content (AvgIpc) is 3.09. The Labute approximate surface area is 353 Å². The molecule has 0 aliphatic carbocycles. The normalized spacial score (nSPS) is 12.4. The van der Waals surface area contributed by atoms with Crippen LogP contribution in [0.1, 0.15) is 121 Å². The van der Waals surface area contributed by atoms with Crippen molar-refractivity contribution in [2.24, 2.45) is 4.99 Å². The molecule has 0 saturated carbocycles. The average molecular weight is 800 g/mol. The van der Waals surface area contributed by atoms with E-state index in [4.69, 9.17) is 4.99 Å². The smallest absolute Gasteiger partial charge is 0.339 e. The number of aliphatic imine (C=N–C) groups is 1. The van der Waals surface area contributed by atoms with Crippen LogP contribution < -0.4 is 0 Å². The van der Waals surface area contributed by atoms with Crippen LogP contribution in [-0.2, 0) is 43.4 Å². The summed E-state index contributed by atoms with van der Waals surface area (Å²) in [4.78, 5) is 16.2. The van der Waals surface area contributed by atoms with Gasteiger partial charge in [-0.05, 0) is 78.6 Å². The van der Waals surface area contributed by atoms with Crippen molar-refractivity contribution in [1.82, 2.24) is 0 Å². The summed E-state index contributed by atoms with van der Waals surface area (Å²) >= 11 is 0. The van der Waals surface area contributed by atoms with Gasteiger partial charge in [0.05, 0.1) is 5.69 Å². The SMILES string of the molecule is CC(C)(C)c1cc(C(=O)O)c(O)c(C(C)(C)C)c1.CC(C)(C)c1cc(C=Nc2ccc3ccccc3c2-c2c(O)ccc3ccccc23)c(O)c(C(C)(C)C)c1.[Ti]. The zero-order valence-electron chi connectivity index (χ0n) is 35.5. The minimum absolute atomic E-state index is 0. The largest absolute Gasteiger partial charge is 0.507 e. The molecule has 7 heteroatoms. The number of fused-ring (bicyclic) bond motifs is 2. The number of aromatic hydroxyl groups is 3. The van der Waals surface area contributed by atoms with Crippen LogP contribution >= 0.6 is 0 Å². The molecule has 296 valence electrons. The van der Waals surface area contributed by atoms with Crippen LogP contribution in [0.25, 0.3) is 32.7 Å². The van der Waals surface area contributed by atoms with Gasteiger partial charge in [-0.1, -0.05) is 156 Å². The van der Waals surface area contributed by atoms with E-state index in [-0.39, 0.29) is 66.2 Å².